The topological polar surface area (TPSA) is 38.3 Å². The third-order valence-electron chi connectivity index (χ3n) is 5.02. The van der Waals surface area contributed by atoms with Crippen molar-refractivity contribution in [1.29, 1.82) is 0 Å². The fourth-order valence-corrected chi connectivity index (χ4v) is 4.28. The SMILES string of the molecule is CCOc1ccc(NC(=O)C2(c3ccccc3Cl)CCCCC2)cc1Cl. The highest BCUT2D eigenvalue weighted by Gasteiger charge is 2.42. The zero-order valence-corrected chi connectivity index (χ0v) is 16.4. The number of rotatable bonds is 5. The van der Waals surface area contributed by atoms with Crippen molar-refractivity contribution in [3.63, 3.8) is 0 Å². The van der Waals surface area contributed by atoms with Crippen molar-refractivity contribution in [2.75, 3.05) is 11.9 Å². The monoisotopic (exact) mass is 391 g/mol. The van der Waals surface area contributed by atoms with Crippen LogP contribution in [0.1, 0.15) is 44.6 Å². The molecule has 2 aromatic rings. The van der Waals surface area contributed by atoms with E-state index in [9.17, 15) is 4.79 Å². The molecule has 138 valence electrons. The average Bonchev–Trinajstić information content (AvgIpc) is 2.65. The molecule has 0 heterocycles. The number of ether oxygens (including phenoxy) is 1. The summed E-state index contributed by atoms with van der Waals surface area (Å²) in [7, 11) is 0. The lowest BCUT2D eigenvalue weighted by atomic mass is 9.68. The molecule has 26 heavy (non-hydrogen) atoms. The molecule has 1 aliphatic rings. The summed E-state index contributed by atoms with van der Waals surface area (Å²) >= 11 is 12.7. The Hall–Kier alpha value is -1.71. The minimum atomic E-state index is -0.596. The van der Waals surface area contributed by atoms with Crippen LogP contribution in [0.15, 0.2) is 42.5 Å². The van der Waals surface area contributed by atoms with E-state index in [1.807, 2.05) is 37.3 Å². The van der Waals surface area contributed by atoms with Crippen molar-refractivity contribution >= 4 is 34.8 Å². The Morgan fingerprint density at radius 3 is 2.46 bits per heavy atom. The maximum Gasteiger partial charge on any atom is 0.235 e. The molecule has 0 aromatic heterocycles. The van der Waals surface area contributed by atoms with Gasteiger partial charge >= 0.3 is 0 Å². The first-order chi connectivity index (χ1) is 12.6. The standard InChI is InChI=1S/C21H23Cl2NO2/c1-2-26-19-11-10-15(14-18(19)23)24-20(25)21(12-6-3-7-13-21)16-8-4-5-9-17(16)22/h4-5,8-11,14H,2-3,6-7,12-13H2,1H3,(H,24,25). The average molecular weight is 392 g/mol. The lowest BCUT2D eigenvalue weighted by molar-refractivity contribution is -0.122. The van der Waals surface area contributed by atoms with E-state index in [0.29, 0.717) is 28.1 Å². The van der Waals surface area contributed by atoms with E-state index in [-0.39, 0.29) is 5.91 Å². The second-order valence-corrected chi connectivity index (χ2v) is 7.47. The Labute approximate surface area is 164 Å². The van der Waals surface area contributed by atoms with E-state index >= 15 is 0 Å². The number of nitrogens with one attached hydrogen (secondary N) is 1. The second-order valence-electron chi connectivity index (χ2n) is 6.65. The summed E-state index contributed by atoms with van der Waals surface area (Å²) in [5.74, 6) is 0.594. The largest absolute Gasteiger partial charge is 0.492 e. The molecular weight excluding hydrogens is 369 g/mol. The molecule has 1 N–H and O–H groups in total. The Bertz CT molecular complexity index is 785. The molecule has 1 amide bonds. The molecule has 0 atom stereocenters. The Morgan fingerprint density at radius 2 is 1.81 bits per heavy atom. The minimum absolute atomic E-state index is 0.0227. The van der Waals surface area contributed by atoms with Crippen molar-refractivity contribution in [2.24, 2.45) is 0 Å². The number of benzene rings is 2. The Kier molecular flexibility index (Phi) is 6.10. The lowest BCUT2D eigenvalue weighted by Crippen LogP contribution is -2.42. The number of carbonyl (C=O) groups is 1. The molecule has 1 aliphatic carbocycles. The second kappa shape index (κ2) is 8.32. The first-order valence-electron chi connectivity index (χ1n) is 9.05. The third kappa shape index (κ3) is 3.84. The first-order valence-corrected chi connectivity index (χ1v) is 9.81. The van der Waals surface area contributed by atoms with E-state index in [0.717, 1.165) is 37.7 Å². The van der Waals surface area contributed by atoms with Gasteiger partial charge in [-0.2, -0.15) is 0 Å². The molecule has 0 spiro atoms. The maximum atomic E-state index is 13.3. The number of halogens is 2. The van der Waals surface area contributed by atoms with Gasteiger partial charge in [0.1, 0.15) is 5.75 Å². The van der Waals surface area contributed by atoms with Crippen LogP contribution in [-0.4, -0.2) is 12.5 Å². The van der Waals surface area contributed by atoms with Crippen LogP contribution in [0.25, 0.3) is 0 Å². The van der Waals surface area contributed by atoms with Crippen LogP contribution in [0, 0.1) is 0 Å². The van der Waals surface area contributed by atoms with Gasteiger partial charge in [-0.05, 0) is 49.6 Å². The fourth-order valence-electron chi connectivity index (χ4n) is 3.73. The van der Waals surface area contributed by atoms with Crippen molar-refractivity contribution < 1.29 is 9.53 Å². The normalized spacial score (nSPS) is 16.1. The van der Waals surface area contributed by atoms with Gasteiger partial charge in [-0.25, -0.2) is 0 Å². The van der Waals surface area contributed by atoms with Crippen LogP contribution in [0.4, 0.5) is 5.69 Å². The van der Waals surface area contributed by atoms with Crippen LogP contribution in [0.3, 0.4) is 0 Å². The van der Waals surface area contributed by atoms with E-state index in [1.54, 1.807) is 12.1 Å². The van der Waals surface area contributed by atoms with E-state index < -0.39 is 5.41 Å². The fraction of sp³-hybridized carbons (Fsp3) is 0.381. The molecule has 1 saturated carbocycles. The van der Waals surface area contributed by atoms with Gasteiger partial charge in [0.2, 0.25) is 5.91 Å². The van der Waals surface area contributed by atoms with Gasteiger partial charge < -0.3 is 10.1 Å². The van der Waals surface area contributed by atoms with Gasteiger partial charge in [-0.1, -0.05) is 60.7 Å². The molecule has 0 aliphatic heterocycles. The Balaban J connectivity index is 1.90. The number of anilines is 1. The van der Waals surface area contributed by atoms with E-state index in [1.165, 1.54) is 0 Å². The highest BCUT2D eigenvalue weighted by Crippen LogP contribution is 2.43. The smallest absolute Gasteiger partial charge is 0.235 e. The predicted octanol–water partition coefficient (Wildman–Crippen LogP) is 6.23. The molecule has 2 aromatic carbocycles. The summed E-state index contributed by atoms with van der Waals surface area (Å²) in [5.41, 5.74) is 0.984. The zero-order chi connectivity index (χ0) is 18.6. The van der Waals surface area contributed by atoms with Crippen LogP contribution in [-0.2, 0) is 10.2 Å². The molecule has 0 bridgehead atoms. The molecule has 1 fully saturated rings. The zero-order valence-electron chi connectivity index (χ0n) is 14.9. The number of carbonyl (C=O) groups excluding carboxylic acids is 1. The molecule has 0 radical (unpaired) electrons. The number of hydrogen-bond acceptors (Lipinski definition) is 2. The molecule has 5 heteroatoms. The molecule has 0 unspecified atom stereocenters. The third-order valence-corrected chi connectivity index (χ3v) is 5.65. The van der Waals surface area contributed by atoms with Gasteiger partial charge in [0.25, 0.3) is 0 Å². The number of hydrogen-bond donors (Lipinski definition) is 1. The van der Waals surface area contributed by atoms with E-state index in [4.69, 9.17) is 27.9 Å². The van der Waals surface area contributed by atoms with Gasteiger partial charge in [0, 0.05) is 10.7 Å². The summed E-state index contributed by atoms with van der Waals surface area (Å²) in [6, 6.07) is 13.0. The summed E-state index contributed by atoms with van der Waals surface area (Å²) in [4.78, 5) is 13.3. The van der Waals surface area contributed by atoms with E-state index in [2.05, 4.69) is 5.32 Å². The van der Waals surface area contributed by atoms with Gasteiger partial charge in [0.05, 0.1) is 17.0 Å². The molecule has 3 nitrogen and oxygen atoms in total. The van der Waals surface area contributed by atoms with Crippen molar-refractivity contribution in [3.8, 4) is 5.75 Å². The lowest BCUT2D eigenvalue weighted by Gasteiger charge is -2.37. The summed E-state index contributed by atoms with van der Waals surface area (Å²) < 4.78 is 5.46. The quantitative estimate of drug-likeness (QED) is 0.655. The summed E-state index contributed by atoms with van der Waals surface area (Å²) in [6.07, 6.45) is 4.78. The van der Waals surface area contributed by atoms with Crippen LogP contribution >= 0.6 is 23.2 Å². The summed E-state index contributed by atoms with van der Waals surface area (Å²) in [5, 5.41) is 4.18. The van der Waals surface area contributed by atoms with Crippen molar-refractivity contribution in [3.05, 3.63) is 58.1 Å². The maximum absolute atomic E-state index is 13.3. The van der Waals surface area contributed by atoms with Gasteiger partial charge in [-0.15, -0.1) is 0 Å². The van der Waals surface area contributed by atoms with Crippen LogP contribution in [0.5, 0.6) is 5.75 Å². The van der Waals surface area contributed by atoms with Crippen molar-refractivity contribution in [2.45, 2.75) is 44.4 Å². The molecular formula is C21H23Cl2NO2. The summed E-state index contributed by atoms with van der Waals surface area (Å²) in [6.45, 7) is 2.45. The molecule has 0 saturated heterocycles. The first kappa shape index (κ1) is 19.1. The van der Waals surface area contributed by atoms with Gasteiger partial charge in [0.15, 0.2) is 0 Å². The highest BCUT2D eigenvalue weighted by atomic mass is 35.5. The highest BCUT2D eigenvalue weighted by molar-refractivity contribution is 6.32. The van der Waals surface area contributed by atoms with Gasteiger partial charge in [-0.3, -0.25) is 4.79 Å². The van der Waals surface area contributed by atoms with Crippen LogP contribution < -0.4 is 10.1 Å². The Morgan fingerprint density at radius 1 is 1.08 bits per heavy atom. The van der Waals surface area contributed by atoms with Crippen molar-refractivity contribution in [1.82, 2.24) is 0 Å². The number of amides is 1. The molecule has 3 rings (SSSR count). The van der Waals surface area contributed by atoms with Crippen LogP contribution in [0.2, 0.25) is 10.0 Å². The predicted molar refractivity (Wildman–Crippen MR) is 107 cm³/mol. The minimum Gasteiger partial charge on any atom is -0.492 e.